The van der Waals surface area contributed by atoms with E-state index in [1.807, 2.05) is 0 Å². The van der Waals surface area contributed by atoms with Crippen molar-refractivity contribution in [2.24, 2.45) is 21.7 Å². The minimum absolute atomic E-state index is 0.00716. The van der Waals surface area contributed by atoms with Crippen molar-refractivity contribution in [3.63, 3.8) is 0 Å². The molecule has 0 aliphatic carbocycles. The zero-order valence-electron chi connectivity index (χ0n) is 15.8. The van der Waals surface area contributed by atoms with Crippen LogP contribution in [-0.4, -0.2) is 61.5 Å². The van der Waals surface area contributed by atoms with Gasteiger partial charge in [-0.1, -0.05) is 0 Å². The second kappa shape index (κ2) is 7.42. The number of hydrogen-bond acceptors (Lipinski definition) is 7. The molecule has 0 aromatic carbocycles. The van der Waals surface area contributed by atoms with Crippen LogP contribution in [0.15, 0.2) is 15.0 Å². The summed E-state index contributed by atoms with van der Waals surface area (Å²) in [6.45, 7) is 6.86. The maximum Gasteiger partial charge on any atom is 0.341 e. The van der Waals surface area contributed by atoms with Gasteiger partial charge in [-0.15, -0.1) is 5.10 Å². The van der Waals surface area contributed by atoms with Gasteiger partial charge in [0.05, 0.1) is 17.3 Å². The van der Waals surface area contributed by atoms with Gasteiger partial charge in [0.25, 0.3) is 11.5 Å². The number of rotatable bonds is 5. The van der Waals surface area contributed by atoms with Gasteiger partial charge in [-0.3, -0.25) is 19.6 Å². The number of aryl methyl sites for hydroxylation is 1. The molecule has 0 bridgehead atoms. The molecular weight excluding hydrogens is 388 g/mol. The second-order valence-corrected chi connectivity index (χ2v) is 6.37. The first-order valence-corrected chi connectivity index (χ1v) is 8.77. The molecule has 2 rings (SSSR count). The van der Waals surface area contributed by atoms with E-state index in [1.54, 1.807) is 13.8 Å². The minimum atomic E-state index is -1.81. The number of carbonyl (C=O) groups excluding carboxylic acids is 2. The minimum Gasteiger partial charge on any atom is -0.845 e. The standard InChI is InChI=1S/C15H22N8O4S/c1-5-21-11(25)15(22(6-2)14(21)28,8(4)18-19-12(16)26)9-7(3)20-23(10(9)24)13(17)27/h20H,5-6H2,1-4H3,(H2,17,27)(H3,16,19,26)/p-1/b18-8-. The Hall–Kier alpha value is -3.22. The lowest BCUT2D eigenvalue weighted by Crippen LogP contribution is -2.55. The first-order chi connectivity index (χ1) is 13.0. The van der Waals surface area contributed by atoms with Crippen molar-refractivity contribution in [2.75, 3.05) is 13.1 Å². The SMILES string of the molecule is CCN1C(=O)C(/C(C)=N\N=C(N)[O-])(c2c(C)[nH]n(C(N)=O)c2=O)N(CC)C1=S. The van der Waals surface area contributed by atoms with Gasteiger partial charge in [-0.2, -0.15) is 9.78 Å². The summed E-state index contributed by atoms with van der Waals surface area (Å²) in [4.78, 5) is 40.9. The van der Waals surface area contributed by atoms with Crippen molar-refractivity contribution in [2.45, 2.75) is 33.2 Å². The predicted molar refractivity (Wildman–Crippen MR) is 104 cm³/mol. The number of primary amides is 1. The quantitative estimate of drug-likeness (QED) is 0.220. The fourth-order valence-electron chi connectivity index (χ4n) is 3.44. The van der Waals surface area contributed by atoms with Crippen LogP contribution in [0, 0.1) is 6.92 Å². The van der Waals surface area contributed by atoms with Crippen molar-refractivity contribution >= 4 is 41.0 Å². The summed E-state index contributed by atoms with van der Waals surface area (Å²) in [5.74, 6) is -0.557. The number of amidine groups is 1. The molecule has 1 fully saturated rings. The topological polar surface area (TPSA) is 178 Å². The van der Waals surface area contributed by atoms with E-state index in [0.717, 1.165) is 0 Å². The monoisotopic (exact) mass is 409 g/mol. The smallest absolute Gasteiger partial charge is 0.341 e. The highest BCUT2D eigenvalue weighted by molar-refractivity contribution is 7.80. The van der Waals surface area contributed by atoms with Gasteiger partial charge in [0, 0.05) is 18.8 Å². The van der Waals surface area contributed by atoms with E-state index in [-0.39, 0.29) is 35.2 Å². The van der Waals surface area contributed by atoms with Gasteiger partial charge in [-0.05, 0) is 39.9 Å². The van der Waals surface area contributed by atoms with E-state index in [9.17, 15) is 19.5 Å². The number of nitrogens with zero attached hydrogens (tertiary/aromatic N) is 5. The molecular formula is C15H21N8O4S-. The van der Waals surface area contributed by atoms with E-state index >= 15 is 0 Å². The zero-order chi connectivity index (χ0) is 21.4. The number of aromatic amines is 1. The molecule has 1 aliphatic heterocycles. The molecule has 12 nitrogen and oxygen atoms in total. The number of carbonyl (C=O) groups is 2. The number of hydrogen-bond donors (Lipinski definition) is 3. The maximum atomic E-state index is 13.5. The Kier molecular flexibility index (Phi) is 5.59. The maximum absolute atomic E-state index is 13.5. The van der Waals surface area contributed by atoms with Gasteiger partial charge in [0.2, 0.25) is 0 Å². The second-order valence-electron chi connectivity index (χ2n) is 6.00. The molecule has 0 saturated carbocycles. The fraction of sp³-hybridized carbons (Fsp3) is 0.467. The molecule has 0 spiro atoms. The number of H-pyrrole nitrogens is 1. The molecule has 152 valence electrons. The van der Waals surface area contributed by atoms with Gasteiger partial charge >= 0.3 is 6.03 Å². The molecule has 2 heterocycles. The highest BCUT2D eigenvalue weighted by Crippen LogP contribution is 2.39. The number of likely N-dealkylation sites (N-methyl/N-ethyl adjacent to an activating group) is 2. The van der Waals surface area contributed by atoms with Crippen LogP contribution in [0.3, 0.4) is 0 Å². The summed E-state index contributed by atoms with van der Waals surface area (Å²) in [5, 5.41) is 20.9. The molecule has 0 radical (unpaired) electrons. The van der Waals surface area contributed by atoms with Crippen LogP contribution in [-0.2, 0) is 10.3 Å². The van der Waals surface area contributed by atoms with Gasteiger partial charge < -0.3 is 21.5 Å². The third kappa shape index (κ3) is 2.83. The summed E-state index contributed by atoms with van der Waals surface area (Å²) in [6, 6.07) is -2.12. The molecule has 1 unspecified atom stereocenters. The van der Waals surface area contributed by atoms with Crippen molar-refractivity contribution in [1.29, 1.82) is 0 Å². The van der Waals surface area contributed by atoms with Crippen LogP contribution in [0.5, 0.6) is 0 Å². The summed E-state index contributed by atoms with van der Waals surface area (Å²) in [7, 11) is 0. The molecule has 1 aromatic rings. The Labute approximate surface area is 165 Å². The zero-order valence-corrected chi connectivity index (χ0v) is 16.7. The van der Waals surface area contributed by atoms with Crippen molar-refractivity contribution in [3.05, 3.63) is 21.6 Å². The highest BCUT2D eigenvalue weighted by atomic mass is 32.1. The van der Waals surface area contributed by atoms with Crippen LogP contribution in [0.2, 0.25) is 0 Å². The molecule has 28 heavy (non-hydrogen) atoms. The molecule has 1 aromatic heterocycles. The molecule has 1 aliphatic rings. The lowest BCUT2D eigenvalue weighted by atomic mass is 9.84. The van der Waals surface area contributed by atoms with E-state index in [1.165, 1.54) is 23.6 Å². The normalized spacial score (nSPS) is 21.0. The summed E-state index contributed by atoms with van der Waals surface area (Å²) in [6.07, 6.45) is 0. The molecule has 1 saturated heterocycles. The highest BCUT2D eigenvalue weighted by Gasteiger charge is 2.60. The Morgan fingerprint density at radius 2 is 1.86 bits per heavy atom. The van der Waals surface area contributed by atoms with Crippen molar-refractivity contribution in [3.8, 4) is 0 Å². The van der Waals surface area contributed by atoms with E-state index in [2.05, 4.69) is 15.3 Å². The number of aromatic nitrogens is 2. The summed E-state index contributed by atoms with van der Waals surface area (Å²) in [5.41, 5.74) is 7.76. The van der Waals surface area contributed by atoms with Crippen LogP contribution in [0.1, 0.15) is 32.0 Å². The first kappa shape index (κ1) is 21.1. The Balaban J connectivity index is 2.98. The van der Waals surface area contributed by atoms with Gasteiger partial charge in [0.1, 0.15) is 0 Å². The molecule has 13 heteroatoms. The first-order valence-electron chi connectivity index (χ1n) is 8.36. The Morgan fingerprint density at radius 3 is 2.29 bits per heavy atom. The molecule has 1 atom stereocenters. The van der Waals surface area contributed by atoms with Crippen LogP contribution < -0.4 is 22.1 Å². The van der Waals surface area contributed by atoms with E-state index < -0.39 is 29.1 Å². The largest absolute Gasteiger partial charge is 0.845 e. The van der Waals surface area contributed by atoms with Crippen molar-refractivity contribution in [1.82, 2.24) is 19.6 Å². The Morgan fingerprint density at radius 1 is 1.25 bits per heavy atom. The average Bonchev–Trinajstić information content (AvgIpc) is 3.03. The van der Waals surface area contributed by atoms with Gasteiger partial charge in [0.15, 0.2) is 10.7 Å². The lowest BCUT2D eigenvalue weighted by Gasteiger charge is -2.34. The number of nitrogens with one attached hydrogen (secondary N) is 1. The van der Waals surface area contributed by atoms with E-state index in [0.29, 0.717) is 4.68 Å². The van der Waals surface area contributed by atoms with Gasteiger partial charge in [-0.25, -0.2) is 4.79 Å². The molecule has 5 N–H and O–H groups in total. The molecule has 2 amide bonds. The fourth-order valence-corrected chi connectivity index (χ4v) is 3.91. The number of thiocarbonyl (C=S) groups is 1. The third-order valence-corrected chi connectivity index (χ3v) is 4.97. The van der Waals surface area contributed by atoms with E-state index in [4.69, 9.17) is 23.7 Å². The summed E-state index contributed by atoms with van der Waals surface area (Å²) < 4.78 is 0.587. The number of amides is 2. The Bertz CT molecular complexity index is 958. The van der Waals surface area contributed by atoms with Crippen LogP contribution in [0.25, 0.3) is 0 Å². The average molecular weight is 409 g/mol. The summed E-state index contributed by atoms with van der Waals surface area (Å²) >= 11 is 5.43. The van der Waals surface area contributed by atoms with Crippen molar-refractivity contribution < 1.29 is 14.7 Å². The van der Waals surface area contributed by atoms with Crippen LogP contribution in [0.4, 0.5) is 4.79 Å². The third-order valence-electron chi connectivity index (χ3n) is 4.53. The predicted octanol–water partition coefficient (Wildman–Crippen LogP) is -1.87. The number of nitrogens with two attached hydrogens (primary N) is 2. The lowest BCUT2D eigenvalue weighted by molar-refractivity contribution is -0.217. The van der Waals surface area contributed by atoms with Crippen LogP contribution >= 0.6 is 12.2 Å².